The normalized spacial score (nSPS) is 12.6. The van der Waals surface area contributed by atoms with Gasteiger partial charge in [0, 0.05) is 16.1 Å². The molecular formula is C12H17BrN2O. The Morgan fingerprint density at radius 1 is 1.38 bits per heavy atom. The second kappa shape index (κ2) is 5.34. The highest BCUT2D eigenvalue weighted by Gasteiger charge is 2.17. The maximum Gasteiger partial charge on any atom is 0.227 e. The number of hydrogen-bond acceptors (Lipinski definition) is 2. The molecule has 0 bridgehead atoms. The number of nitrogen functional groups attached to an aromatic ring is 1. The lowest BCUT2D eigenvalue weighted by atomic mass is 9.97. The predicted molar refractivity (Wildman–Crippen MR) is 71.2 cm³/mol. The van der Waals surface area contributed by atoms with Crippen molar-refractivity contribution in [1.29, 1.82) is 0 Å². The van der Waals surface area contributed by atoms with Crippen LogP contribution in [0.5, 0.6) is 0 Å². The Kier molecular flexibility index (Phi) is 4.35. The fraction of sp³-hybridized carbons (Fsp3) is 0.417. The minimum absolute atomic E-state index is 0.00977. The number of carbonyl (C=O) groups is 1. The van der Waals surface area contributed by atoms with Gasteiger partial charge in [-0.2, -0.15) is 0 Å². The average molecular weight is 285 g/mol. The van der Waals surface area contributed by atoms with Gasteiger partial charge in [0.15, 0.2) is 0 Å². The van der Waals surface area contributed by atoms with Gasteiger partial charge in [-0.05, 0) is 40.0 Å². The summed E-state index contributed by atoms with van der Waals surface area (Å²) in [7, 11) is 0. The number of anilines is 2. The Morgan fingerprint density at radius 3 is 2.50 bits per heavy atom. The lowest BCUT2D eigenvalue weighted by Gasteiger charge is -2.16. The zero-order valence-electron chi connectivity index (χ0n) is 9.75. The standard InChI is InChI=1S/C12H17BrN2O/c1-7(2)8(3)12(16)15-11-5-4-9(14)6-10(11)13/h4-8H,14H2,1-3H3,(H,15,16). The van der Waals surface area contributed by atoms with Gasteiger partial charge in [-0.1, -0.05) is 20.8 Å². The first-order valence-corrected chi connectivity index (χ1v) is 6.07. The minimum Gasteiger partial charge on any atom is -0.399 e. The van der Waals surface area contributed by atoms with Crippen molar-refractivity contribution in [3.8, 4) is 0 Å². The van der Waals surface area contributed by atoms with Gasteiger partial charge in [0.05, 0.1) is 5.69 Å². The smallest absolute Gasteiger partial charge is 0.227 e. The summed E-state index contributed by atoms with van der Waals surface area (Å²) in [5.74, 6) is 0.345. The van der Waals surface area contributed by atoms with Crippen molar-refractivity contribution >= 4 is 33.2 Å². The Labute approximate surface area is 105 Å². The molecule has 1 aromatic carbocycles. The van der Waals surface area contributed by atoms with E-state index in [0.29, 0.717) is 11.6 Å². The summed E-state index contributed by atoms with van der Waals surface area (Å²) in [5, 5.41) is 2.88. The van der Waals surface area contributed by atoms with Crippen molar-refractivity contribution < 1.29 is 4.79 Å². The molecule has 0 radical (unpaired) electrons. The summed E-state index contributed by atoms with van der Waals surface area (Å²) in [4.78, 5) is 11.8. The summed E-state index contributed by atoms with van der Waals surface area (Å²) in [6.45, 7) is 5.98. The van der Waals surface area contributed by atoms with E-state index in [0.717, 1.165) is 10.2 Å². The van der Waals surface area contributed by atoms with Crippen LogP contribution in [-0.2, 0) is 4.79 Å². The van der Waals surface area contributed by atoms with Crippen LogP contribution < -0.4 is 11.1 Å². The molecule has 1 atom stereocenters. The molecule has 0 aromatic heterocycles. The molecule has 0 aliphatic rings. The number of amides is 1. The van der Waals surface area contributed by atoms with Crippen molar-refractivity contribution in [3.63, 3.8) is 0 Å². The van der Waals surface area contributed by atoms with E-state index < -0.39 is 0 Å². The first-order valence-electron chi connectivity index (χ1n) is 5.27. The number of carbonyl (C=O) groups excluding carboxylic acids is 1. The average Bonchev–Trinajstić information content (AvgIpc) is 2.20. The van der Waals surface area contributed by atoms with Gasteiger partial charge in [-0.15, -0.1) is 0 Å². The number of rotatable bonds is 3. The molecule has 1 aromatic rings. The molecule has 1 rings (SSSR count). The van der Waals surface area contributed by atoms with Crippen LogP contribution in [0.4, 0.5) is 11.4 Å². The van der Waals surface area contributed by atoms with E-state index in [9.17, 15) is 4.79 Å². The molecule has 1 unspecified atom stereocenters. The van der Waals surface area contributed by atoms with E-state index in [1.807, 2.05) is 20.8 Å². The summed E-state index contributed by atoms with van der Waals surface area (Å²) in [5.41, 5.74) is 7.05. The third-order valence-corrected chi connectivity index (χ3v) is 3.32. The SMILES string of the molecule is CC(C)C(C)C(=O)Nc1ccc(N)cc1Br. The van der Waals surface area contributed by atoms with Crippen LogP contribution in [0.3, 0.4) is 0 Å². The number of nitrogens with two attached hydrogens (primary N) is 1. The maximum atomic E-state index is 11.8. The highest BCUT2D eigenvalue weighted by Crippen LogP contribution is 2.25. The highest BCUT2D eigenvalue weighted by molar-refractivity contribution is 9.10. The van der Waals surface area contributed by atoms with Gasteiger partial charge in [0.25, 0.3) is 0 Å². The first kappa shape index (κ1) is 13.0. The van der Waals surface area contributed by atoms with E-state index in [1.165, 1.54) is 0 Å². The molecule has 3 nitrogen and oxygen atoms in total. The molecule has 88 valence electrons. The molecule has 16 heavy (non-hydrogen) atoms. The lowest BCUT2D eigenvalue weighted by molar-refractivity contribution is -0.120. The van der Waals surface area contributed by atoms with Gasteiger partial charge in [0.1, 0.15) is 0 Å². The zero-order chi connectivity index (χ0) is 12.3. The molecular weight excluding hydrogens is 268 g/mol. The largest absolute Gasteiger partial charge is 0.399 e. The predicted octanol–water partition coefficient (Wildman–Crippen LogP) is 3.26. The van der Waals surface area contributed by atoms with Crippen LogP contribution in [0.15, 0.2) is 22.7 Å². The number of hydrogen-bond donors (Lipinski definition) is 2. The Bertz CT molecular complexity index is 391. The highest BCUT2D eigenvalue weighted by atomic mass is 79.9. The van der Waals surface area contributed by atoms with Crippen LogP contribution in [0.1, 0.15) is 20.8 Å². The van der Waals surface area contributed by atoms with Gasteiger partial charge in [0.2, 0.25) is 5.91 Å². The van der Waals surface area contributed by atoms with E-state index in [4.69, 9.17) is 5.73 Å². The molecule has 4 heteroatoms. The molecule has 3 N–H and O–H groups in total. The first-order chi connectivity index (χ1) is 7.41. The Morgan fingerprint density at radius 2 is 2.00 bits per heavy atom. The molecule has 0 saturated heterocycles. The zero-order valence-corrected chi connectivity index (χ0v) is 11.3. The number of halogens is 1. The molecule has 1 amide bonds. The van der Waals surface area contributed by atoms with Crippen molar-refractivity contribution in [1.82, 2.24) is 0 Å². The molecule has 0 spiro atoms. The van der Waals surface area contributed by atoms with Crippen LogP contribution in [0.2, 0.25) is 0 Å². The summed E-state index contributed by atoms with van der Waals surface area (Å²) in [6, 6.07) is 5.33. The van der Waals surface area contributed by atoms with Gasteiger partial charge < -0.3 is 11.1 Å². The van der Waals surface area contributed by atoms with Gasteiger partial charge >= 0.3 is 0 Å². The Balaban J connectivity index is 2.77. The minimum atomic E-state index is -0.00977. The van der Waals surface area contributed by atoms with Crippen molar-refractivity contribution in [3.05, 3.63) is 22.7 Å². The summed E-state index contributed by atoms with van der Waals surface area (Å²) < 4.78 is 0.803. The fourth-order valence-corrected chi connectivity index (χ4v) is 1.68. The maximum absolute atomic E-state index is 11.8. The molecule has 0 aliphatic carbocycles. The number of benzene rings is 1. The van der Waals surface area contributed by atoms with E-state index in [1.54, 1.807) is 18.2 Å². The van der Waals surface area contributed by atoms with E-state index >= 15 is 0 Å². The monoisotopic (exact) mass is 284 g/mol. The molecule has 0 saturated carbocycles. The fourth-order valence-electron chi connectivity index (χ4n) is 1.18. The third-order valence-electron chi connectivity index (χ3n) is 2.66. The van der Waals surface area contributed by atoms with E-state index in [-0.39, 0.29) is 11.8 Å². The quantitative estimate of drug-likeness (QED) is 0.837. The van der Waals surface area contributed by atoms with Gasteiger partial charge in [-0.25, -0.2) is 0 Å². The van der Waals surface area contributed by atoms with Crippen LogP contribution in [0.25, 0.3) is 0 Å². The second-order valence-corrected chi connectivity index (χ2v) is 5.12. The second-order valence-electron chi connectivity index (χ2n) is 4.26. The topological polar surface area (TPSA) is 55.1 Å². The van der Waals surface area contributed by atoms with E-state index in [2.05, 4.69) is 21.2 Å². The van der Waals surface area contributed by atoms with Crippen molar-refractivity contribution in [2.45, 2.75) is 20.8 Å². The molecule has 0 heterocycles. The van der Waals surface area contributed by atoms with Crippen LogP contribution in [-0.4, -0.2) is 5.91 Å². The van der Waals surface area contributed by atoms with Crippen molar-refractivity contribution in [2.24, 2.45) is 11.8 Å². The van der Waals surface area contributed by atoms with Crippen LogP contribution in [0, 0.1) is 11.8 Å². The molecule has 0 fully saturated rings. The Hall–Kier alpha value is -1.03. The lowest BCUT2D eigenvalue weighted by Crippen LogP contribution is -2.24. The third kappa shape index (κ3) is 3.23. The summed E-state index contributed by atoms with van der Waals surface area (Å²) in [6.07, 6.45) is 0. The molecule has 0 aliphatic heterocycles. The van der Waals surface area contributed by atoms with Crippen molar-refractivity contribution in [2.75, 3.05) is 11.1 Å². The van der Waals surface area contributed by atoms with Crippen LogP contribution >= 0.6 is 15.9 Å². The van der Waals surface area contributed by atoms with Gasteiger partial charge in [-0.3, -0.25) is 4.79 Å². The number of nitrogens with one attached hydrogen (secondary N) is 1. The summed E-state index contributed by atoms with van der Waals surface area (Å²) >= 11 is 3.37.